The van der Waals surface area contributed by atoms with Crippen LogP contribution in [-0.4, -0.2) is 17.3 Å². The Morgan fingerprint density at radius 2 is 1.92 bits per heavy atom. The van der Waals surface area contributed by atoms with E-state index in [1.165, 1.54) is 43.9 Å². The zero-order valence-corrected chi connectivity index (χ0v) is 14.8. The molecule has 8 heteroatoms. The molecule has 2 bridgehead atoms. The van der Waals surface area contributed by atoms with Crippen LogP contribution in [0.4, 0.5) is 18.3 Å². The molecule has 4 rings (SSSR count). The maximum absolute atomic E-state index is 12.6. The Labute approximate surface area is 152 Å². The van der Waals surface area contributed by atoms with E-state index in [1.54, 1.807) is 0 Å². The van der Waals surface area contributed by atoms with E-state index in [2.05, 4.69) is 15.0 Å². The van der Waals surface area contributed by atoms with E-state index < -0.39 is 6.36 Å². The number of alkyl halides is 3. The first-order valence-electron chi connectivity index (χ1n) is 8.83. The third-order valence-electron chi connectivity index (χ3n) is 5.32. The van der Waals surface area contributed by atoms with Crippen molar-refractivity contribution in [3.05, 3.63) is 18.2 Å². The molecule has 140 valence electrons. The summed E-state index contributed by atoms with van der Waals surface area (Å²) in [6, 6.07) is 3.98. The topological polar surface area (TPSA) is 51.2 Å². The van der Waals surface area contributed by atoms with E-state index in [9.17, 15) is 18.0 Å². The fourth-order valence-corrected chi connectivity index (χ4v) is 5.21. The summed E-state index contributed by atoms with van der Waals surface area (Å²) in [5.41, 5.74) is 0.542. The Hall–Kier alpha value is -1.83. The van der Waals surface area contributed by atoms with Crippen molar-refractivity contribution in [1.29, 1.82) is 0 Å². The molecule has 2 saturated carbocycles. The number of hydrogen-bond acceptors (Lipinski definition) is 4. The van der Waals surface area contributed by atoms with Crippen LogP contribution in [0.5, 0.6) is 5.75 Å². The van der Waals surface area contributed by atoms with Crippen LogP contribution in [0.25, 0.3) is 10.2 Å². The van der Waals surface area contributed by atoms with Gasteiger partial charge in [0.1, 0.15) is 5.75 Å². The second-order valence-electron chi connectivity index (χ2n) is 7.25. The number of halogens is 3. The molecule has 1 heterocycles. The van der Waals surface area contributed by atoms with Gasteiger partial charge in [-0.25, -0.2) is 4.98 Å². The van der Waals surface area contributed by atoms with Crippen LogP contribution in [0, 0.1) is 17.8 Å². The van der Waals surface area contributed by atoms with E-state index in [0.29, 0.717) is 27.2 Å². The molecule has 2 fully saturated rings. The molecule has 2 aliphatic carbocycles. The molecule has 2 atom stereocenters. The van der Waals surface area contributed by atoms with E-state index in [1.807, 2.05) is 0 Å². The molecule has 2 unspecified atom stereocenters. The number of aromatic nitrogens is 1. The van der Waals surface area contributed by atoms with E-state index in [0.717, 1.165) is 24.2 Å². The fraction of sp³-hybridized carbons (Fsp3) is 0.556. The molecule has 2 aromatic rings. The number of nitrogens with one attached hydrogen (secondary N) is 1. The summed E-state index contributed by atoms with van der Waals surface area (Å²) in [5.74, 6) is 1.00. The third-order valence-corrected chi connectivity index (χ3v) is 6.26. The third kappa shape index (κ3) is 3.95. The number of carbonyl (C=O) groups excluding carboxylic acids is 1. The Balaban J connectivity index is 1.46. The number of fused-ring (bicyclic) bond motifs is 3. The average Bonchev–Trinajstić information content (AvgIpc) is 2.94. The Kier molecular flexibility index (Phi) is 4.54. The number of thiazole rings is 1. The molecule has 0 saturated heterocycles. The van der Waals surface area contributed by atoms with Crippen molar-refractivity contribution in [3.63, 3.8) is 0 Å². The Morgan fingerprint density at radius 3 is 2.62 bits per heavy atom. The highest BCUT2D eigenvalue weighted by Crippen LogP contribution is 2.43. The summed E-state index contributed by atoms with van der Waals surface area (Å²) >= 11 is 1.16. The van der Waals surface area contributed by atoms with Gasteiger partial charge in [-0.15, -0.1) is 13.2 Å². The highest BCUT2D eigenvalue weighted by molar-refractivity contribution is 7.22. The minimum Gasteiger partial charge on any atom is -0.406 e. The van der Waals surface area contributed by atoms with Crippen LogP contribution in [0.3, 0.4) is 0 Å². The van der Waals surface area contributed by atoms with Crippen molar-refractivity contribution in [2.24, 2.45) is 17.8 Å². The molecule has 26 heavy (non-hydrogen) atoms. The van der Waals surface area contributed by atoms with Crippen molar-refractivity contribution in [2.75, 3.05) is 5.32 Å². The molecule has 2 aliphatic rings. The first kappa shape index (κ1) is 17.6. The first-order chi connectivity index (χ1) is 12.4. The van der Waals surface area contributed by atoms with Gasteiger partial charge in [0.05, 0.1) is 10.2 Å². The zero-order valence-electron chi connectivity index (χ0n) is 14.0. The van der Waals surface area contributed by atoms with Gasteiger partial charge >= 0.3 is 6.36 Å². The van der Waals surface area contributed by atoms with Gasteiger partial charge in [-0.2, -0.15) is 0 Å². The highest BCUT2D eigenvalue weighted by Gasteiger charge is 2.35. The molecule has 0 radical (unpaired) electrons. The number of amides is 1. The predicted molar refractivity (Wildman–Crippen MR) is 93.1 cm³/mol. The van der Waals surface area contributed by atoms with Crippen molar-refractivity contribution < 1.29 is 22.7 Å². The van der Waals surface area contributed by atoms with E-state index in [-0.39, 0.29) is 17.6 Å². The molecule has 1 N–H and O–H groups in total. The largest absolute Gasteiger partial charge is 0.573 e. The summed E-state index contributed by atoms with van der Waals surface area (Å²) < 4.78 is 41.5. The van der Waals surface area contributed by atoms with Crippen LogP contribution in [0.2, 0.25) is 0 Å². The molecule has 1 aromatic heterocycles. The lowest BCUT2D eigenvalue weighted by Gasteiger charge is -2.38. The fourth-order valence-electron chi connectivity index (χ4n) is 4.31. The molecular weight excluding hydrogens is 365 g/mol. The smallest absolute Gasteiger partial charge is 0.406 e. The summed E-state index contributed by atoms with van der Waals surface area (Å²) in [4.78, 5) is 16.9. The molecule has 4 nitrogen and oxygen atoms in total. The number of carbonyl (C=O) groups is 1. The second kappa shape index (κ2) is 6.72. The van der Waals surface area contributed by atoms with Crippen LogP contribution < -0.4 is 10.1 Å². The second-order valence-corrected chi connectivity index (χ2v) is 8.28. The lowest BCUT2D eigenvalue weighted by atomic mass is 9.68. The van der Waals surface area contributed by atoms with Gasteiger partial charge in [-0.3, -0.25) is 4.79 Å². The number of nitrogens with zero attached hydrogens (tertiary/aromatic N) is 1. The number of hydrogen-bond donors (Lipinski definition) is 1. The van der Waals surface area contributed by atoms with E-state index >= 15 is 0 Å². The first-order valence-corrected chi connectivity index (χ1v) is 9.64. The maximum atomic E-state index is 12.6. The van der Waals surface area contributed by atoms with Gasteiger partial charge in [-0.1, -0.05) is 30.6 Å². The quantitative estimate of drug-likeness (QED) is 0.776. The minimum absolute atomic E-state index is 0.00943. The molecule has 1 aromatic carbocycles. The average molecular weight is 384 g/mol. The zero-order chi connectivity index (χ0) is 18.3. The van der Waals surface area contributed by atoms with Crippen molar-refractivity contribution >= 4 is 32.6 Å². The molecule has 1 amide bonds. The Morgan fingerprint density at radius 1 is 1.19 bits per heavy atom. The maximum Gasteiger partial charge on any atom is 0.573 e. The van der Waals surface area contributed by atoms with Gasteiger partial charge in [0.15, 0.2) is 5.13 Å². The van der Waals surface area contributed by atoms with Gasteiger partial charge in [0.25, 0.3) is 0 Å². The van der Waals surface area contributed by atoms with Crippen molar-refractivity contribution in [3.8, 4) is 5.75 Å². The van der Waals surface area contributed by atoms with Crippen LogP contribution >= 0.6 is 11.3 Å². The van der Waals surface area contributed by atoms with Gasteiger partial charge in [-0.05, 0) is 43.2 Å². The van der Waals surface area contributed by atoms with Gasteiger partial charge in [0.2, 0.25) is 5.91 Å². The van der Waals surface area contributed by atoms with E-state index in [4.69, 9.17) is 0 Å². The Bertz CT molecular complexity index is 808. The highest BCUT2D eigenvalue weighted by atomic mass is 32.1. The van der Waals surface area contributed by atoms with Crippen LogP contribution in [0.1, 0.15) is 38.5 Å². The lowest BCUT2D eigenvalue weighted by Crippen LogP contribution is -2.33. The number of benzene rings is 1. The minimum atomic E-state index is -4.73. The summed E-state index contributed by atoms with van der Waals surface area (Å²) in [7, 11) is 0. The standard InChI is InChI=1S/C18H19F3N2O2S/c19-18(20,21)25-13-4-5-14-15(9-13)26-17(22-14)23-16(24)12-7-10-2-1-3-11(6-10)8-12/h4-5,9-12H,1-3,6-8H2,(H,22,23,24). The van der Waals surface area contributed by atoms with Gasteiger partial charge < -0.3 is 10.1 Å². The van der Waals surface area contributed by atoms with Crippen LogP contribution in [-0.2, 0) is 4.79 Å². The molecule has 0 aliphatic heterocycles. The number of ether oxygens (including phenoxy) is 1. The summed E-state index contributed by atoms with van der Waals surface area (Å²) in [6.07, 6.45) is 2.06. The molecule has 0 spiro atoms. The van der Waals surface area contributed by atoms with Crippen molar-refractivity contribution in [1.82, 2.24) is 4.98 Å². The SMILES string of the molecule is O=C(Nc1nc2ccc(OC(F)(F)F)cc2s1)C1CC2CCCC(C2)C1. The predicted octanol–water partition coefficient (Wildman–Crippen LogP) is 5.35. The van der Waals surface area contributed by atoms with Gasteiger partial charge in [0, 0.05) is 12.0 Å². The summed E-state index contributed by atoms with van der Waals surface area (Å²) in [6.45, 7) is 0. The van der Waals surface area contributed by atoms with Crippen molar-refractivity contribution in [2.45, 2.75) is 44.9 Å². The lowest BCUT2D eigenvalue weighted by molar-refractivity contribution is -0.274. The number of anilines is 1. The normalized spacial score (nSPS) is 25.9. The summed E-state index contributed by atoms with van der Waals surface area (Å²) in [5, 5.41) is 3.28. The van der Waals surface area contributed by atoms with Crippen LogP contribution in [0.15, 0.2) is 18.2 Å². The molecular formula is C18H19F3N2O2S. The number of rotatable bonds is 3. The monoisotopic (exact) mass is 384 g/mol.